The van der Waals surface area contributed by atoms with Crippen LogP contribution in [-0.2, 0) is 29.2 Å². The van der Waals surface area contributed by atoms with Gasteiger partial charge in [0.25, 0.3) is 11.1 Å². The number of carbonyl (C=O) groups excluding carboxylic acids is 2. The first kappa shape index (κ1) is 44.1. The van der Waals surface area contributed by atoms with E-state index in [1.807, 2.05) is 32.0 Å². The molecule has 8 aliphatic carbocycles. The molecule has 0 saturated heterocycles. The molecule has 2 amide bonds. The Kier molecular flexibility index (Phi) is 12.5. The van der Waals surface area contributed by atoms with Crippen LogP contribution in [0.4, 0.5) is 17.1 Å². The molecular formula is C46H58Cl2N12O4. The van der Waals surface area contributed by atoms with Crippen LogP contribution in [0.1, 0.15) is 101 Å². The lowest BCUT2D eigenvalue weighted by molar-refractivity contribution is -0.123. The average molecular weight is 914 g/mol. The van der Waals surface area contributed by atoms with Crippen molar-refractivity contribution in [1.29, 1.82) is 0 Å². The maximum Gasteiger partial charge on any atom is 0.288 e. The number of pyridine rings is 1. The lowest BCUT2D eigenvalue weighted by Crippen LogP contribution is -2.55. The van der Waals surface area contributed by atoms with Gasteiger partial charge in [-0.25, -0.2) is 9.36 Å². The molecular weight excluding hydrogens is 855 g/mol. The summed E-state index contributed by atoms with van der Waals surface area (Å²) >= 11 is 12.9. The smallest absolute Gasteiger partial charge is 0.288 e. The van der Waals surface area contributed by atoms with Crippen LogP contribution in [0.3, 0.4) is 0 Å². The molecule has 18 heteroatoms. The van der Waals surface area contributed by atoms with Crippen LogP contribution >= 0.6 is 23.2 Å². The third-order valence-corrected chi connectivity index (χ3v) is 15.5. The number of nitrogens with one attached hydrogen (secondary N) is 4. The van der Waals surface area contributed by atoms with E-state index >= 15 is 0 Å². The van der Waals surface area contributed by atoms with E-state index in [2.05, 4.69) is 46.6 Å². The summed E-state index contributed by atoms with van der Waals surface area (Å²) < 4.78 is 2.24. The van der Waals surface area contributed by atoms with Gasteiger partial charge in [0.2, 0.25) is 11.8 Å². The molecule has 8 fully saturated rings. The van der Waals surface area contributed by atoms with Gasteiger partial charge in [0, 0.05) is 44.1 Å². The van der Waals surface area contributed by atoms with Crippen molar-refractivity contribution in [3.8, 4) is 0 Å². The monoisotopic (exact) mass is 912 g/mol. The van der Waals surface area contributed by atoms with E-state index < -0.39 is 11.1 Å². The second kappa shape index (κ2) is 18.1. The van der Waals surface area contributed by atoms with Crippen molar-refractivity contribution >= 4 is 52.1 Å². The van der Waals surface area contributed by atoms with E-state index in [-0.39, 0.29) is 52.1 Å². The molecule has 16 nitrogen and oxygen atoms in total. The molecule has 1 unspecified atom stereocenters. The van der Waals surface area contributed by atoms with Crippen LogP contribution in [0.2, 0.25) is 10.0 Å². The molecule has 0 aliphatic heterocycles. The Labute approximate surface area is 382 Å². The summed E-state index contributed by atoms with van der Waals surface area (Å²) in [5.41, 5.74) is 3.04. The first-order chi connectivity index (χ1) is 30.7. The van der Waals surface area contributed by atoms with Gasteiger partial charge in [0.1, 0.15) is 23.1 Å². The quantitative estimate of drug-likeness (QED) is 0.123. The fourth-order valence-electron chi connectivity index (χ4n) is 12.8. The van der Waals surface area contributed by atoms with Crippen LogP contribution in [0, 0.1) is 35.5 Å². The number of hydrogen-bond acceptors (Lipinski definition) is 12. The van der Waals surface area contributed by atoms with Crippen LogP contribution < -0.4 is 37.3 Å². The summed E-state index contributed by atoms with van der Waals surface area (Å²) in [7, 11) is 3.85. The van der Waals surface area contributed by atoms with E-state index in [1.54, 1.807) is 43.2 Å². The first-order valence-corrected chi connectivity index (χ1v) is 23.5. The van der Waals surface area contributed by atoms with Crippen LogP contribution in [0.25, 0.3) is 0 Å². The van der Waals surface area contributed by atoms with Gasteiger partial charge in [-0.3, -0.25) is 24.2 Å². The third kappa shape index (κ3) is 9.49. The molecule has 4 heterocycles. The second-order valence-corrected chi connectivity index (χ2v) is 20.7. The third-order valence-electron chi connectivity index (χ3n) is 14.8. The standard InChI is InChI=1S/C24H31ClN6O2.C22H27ClN6O2/c1-30(2)20-13-26-4-3-18(20)11-27-21(32)14-31-23(33)22(25)19(12-28-31)29-24-8-15-5-16(9-24)7-17(6-15)10-24;1-13(17-2-3-24-25-10-17)27-19(30)12-29-21(31)20(23)18(11-26-29)28-22-7-14-4-15(8-22)6-16(5-14)9-22/h3-4,12-13,15-17,29H,5-11,14H2,1-2H3,(H,27,32);2-3,10-11,13-16,28H,4-9,12H2,1H3,(H,27,30). The van der Waals surface area contributed by atoms with Gasteiger partial charge in [-0.15, -0.1) is 0 Å². The second-order valence-electron chi connectivity index (χ2n) is 20.0. The molecule has 64 heavy (non-hydrogen) atoms. The zero-order chi connectivity index (χ0) is 44.8. The SMILES string of the molecule is CC(NC(=O)Cn1ncc(NC23CC4CC(CC(C4)C2)C3)c(Cl)c1=O)c1ccnnc1.CN(C)c1cnccc1CNC(=O)Cn1ncc(NC23CC4CC(CC(C4)C2)C3)c(Cl)c1=O. The highest BCUT2D eigenvalue weighted by Gasteiger charge is 2.52. The number of halogens is 2. The van der Waals surface area contributed by atoms with Gasteiger partial charge in [-0.05, 0) is 143 Å². The molecule has 12 rings (SSSR count). The van der Waals surface area contributed by atoms with E-state index in [4.69, 9.17) is 23.2 Å². The number of rotatable bonds is 13. The molecule has 0 spiro atoms. The van der Waals surface area contributed by atoms with Gasteiger partial charge in [0.05, 0.1) is 47.9 Å². The Morgan fingerprint density at radius 3 is 1.64 bits per heavy atom. The molecule has 8 saturated carbocycles. The molecule has 1 atom stereocenters. The fourth-order valence-corrected chi connectivity index (χ4v) is 13.2. The van der Waals surface area contributed by atoms with Crippen molar-refractivity contribution in [3.05, 3.63) is 91.2 Å². The highest BCUT2D eigenvalue weighted by atomic mass is 35.5. The van der Waals surface area contributed by atoms with Gasteiger partial charge in [-0.2, -0.15) is 20.4 Å². The number of hydrogen-bond donors (Lipinski definition) is 4. The van der Waals surface area contributed by atoms with Gasteiger partial charge >= 0.3 is 0 Å². The summed E-state index contributed by atoms with van der Waals surface area (Å²) in [5, 5.41) is 29.2. The Morgan fingerprint density at radius 2 is 1.19 bits per heavy atom. The highest BCUT2D eigenvalue weighted by Crippen LogP contribution is 2.58. The summed E-state index contributed by atoms with van der Waals surface area (Å²) in [4.78, 5) is 56.7. The van der Waals surface area contributed by atoms with Crippen molar-refractivity contribution in [2.24, 2.45) is 35.5 Å². The average Bonchev–Trinajstić information content (AvgIpc) is 3.25. The predicted octanol–water partition coefficient (Wildman–Crippen LogP) is 6.00. The van der Waals surface area contributed by atoms with E-state index in [9.17, 15) is 19.2 Å². The summed E-state index contributed by atoms with van der Waals surface area (Å²) in [6.07, 6.45) is 24.7. The van der Waals surface area contributed by atoms with Crippen LogP contribution in [-0.4, -0.2) is 71.7 Å². The number of nitrogens with zero attached hydrogens (tertiary/aromatic N) is 8. The maximum absolute atomic E-state index is 12.9. The van der Waals surface area contributed by atoms with Crippen LogP contribution in [0.15, 0.2) is 58.9 Å². The predicted molar refractivity (Wildman–Crippen MR) is 245 cm³/mol. The maximum atomic E-state index is 12.9. The van der Waals surface area contributed by atoms with Gasteiger partial charge in [-0.1, -0.05) is 23.2 Å². The minimum Gasteiger partial charge on any atom is -0.377 e. The topological polar surface area (TPSA) is 194 Å². The minimum atomic E-state index is -0.454. The van der Waals surface area contributed by atoms with E-state index in [1.165, 1.54) is 38.5 Å². The molecule has 8 bridgehead atoms. The highest BCUT2D eigenvalue weighted by molar-refractivity contribution is 6.33. The number of anilines is 3. The molecule has 0 radical (unpaired) electrons. The first-order valence-electron chi connectivity index (χ1n) is 22.7. The van der Waals surface area contributed by atoms with E-state index in [0.29, 0.717) is 17.9 Å². The molecule has 4 aromatic heterocycles. The lowest BCUT2D eigenvalue weighted by atomic mass is 9.53. The summed E-state index contributed by atoms with van der Waals surface area (Å²) in [6.45, 7) is 1.80. The van der Waals surface area contributed by atoms with Crippen molar-refractivity contribution in [2.45, 2.75) is 121 Å². The van der Waals surface area contributed by atoms with Gasteiger partial charge < -0.3 is 26.2 Å². The molecule has 4 aromatic rings. The molecule has 8 aliphatic rings. The van der Waals surface area contributed by atoms with E-state index in [0.717, 1.165) is 100 Å². The lowest BCUT2D eigenvalue weighted by Gasteiger charge is -2.57. The summed E-state index contributed by atoms with van der Waals surface area (Å²) in [5.74, 6) is 4.08. The normalized spacial score (nSPS) is 28.5. The van der Waals surface area contributed by atoms with Crippen molar-refractivity contribution < 1.29 is 9.59 Å². The fraction of sp³-hybridized carbons (Fsp3) is 0.587. The molecule has 340 valence electrons. The van der Waals surface area contributed by atoms with Crippen LogP contribution in [0.5, 0.6) is 0 Å². The van der Waals surface area contributed by atoms with Crippen molar-refractivity contribution in [2.75, 3.05) is 29.6 Å². The Morgan fingerprint density at radius 1 is 0.703 bits per heavy atom. The molecule has 0 aromatic carbocycles. The Balaban J connectivity index is 0.000000162. The zero-order valence-corrected chi connectivity index (χ0v) is 38.2. The van der Waals surface area contributed by atoms with Crippen molar-refractivity contribution in [1.82, 2.24) is 45.4 Å². The number of amides is 2. The van der Waals surface area contributed by atoms with Gasteiger partial charge in [0.15, 0.2) is 0 Å². The Bertz CT molecular complexity index is 2430. The number of carbonyl (C=O) groups is 2. The summed E-state index contributed by atoms with van der Waals surface area (Å²) in [6, 6.07) is 3.39. The Hall–Kier alpha value is -5.09. The zero-order valence-electron chi connectivity index (χ0n) is 36.7. The largest absolute Gasteiger partial charge is 0.377 e. The number of aromatic nitrogens is 7. The molecule has 4 N–H and O–H groups in total. The minimum absolute atomic E-state index is 0.0318. The van der Waals surface area contributed by atoms with Crippen molar-refractivity contribution in [3.63, 3.8) is 0 Å².